The Bertz CT molecular complexity index is 601. The molecule has 1 heterocycles. The second-order valence-corrected chi connectivity index (χ2v) is 7.97. The number of halogens is 1. The van der Waals surface area contributed by atoms with Crippen LogP contribution in [-0.2, 0) is 21.8 Å². The van der Waals surface area contributed by atoms with Gasteiger partial charge < -0.3 is 0 Å². The maximum Gasteiger partial charge on any atom is 0.329 e. The van der Waals surface area contributed by atoms with E-state index >= 15 is 0 Å². The summed E-state index contributed by atoms with van der Waals surface area (Å²) in [5.41, 5.74) is -0.568. The van der Waals surface area contributed by atoms with Crippen molar-refractivity contribution in [3.8, 4) is 0 Å². The molecule has 108 valence electrons. The average molecular weight is 310 g/mol. The molecule has 9 heteroatoms. The van der Waals surface area contributed by atoms with Crippen LogP contribution in [0.1, 0.15) is 26.5 Å². The van der Waals surface area contributed by atoms with Gasteiger partial charge in [-0.15, -0.1) is 0 Å². The molecule has 0 aliphatic heterocycles. The summed E-state index contributed by atoms with van der Waals surface area (Å²) in [5, 5.41) is 15.0. The van der Waals surface area contributed by atoms with Crippen LogP contribution in [0, 0.1) is 10.1 Å². The zero-order chi connectivity index (χ0) is 15.0. The van der Waals surface area contributed by atoms with Gasteiger partial charge in [0.15, 0.2) is 0 Å². The molecule has 0 saturated heterocycles. The van der Waals surface area contributed by atoms with Crippen LogP contribution in [-0.4, -0.2) is 35.1 Å². The van der Waals surface area contributed by atoms with Crippen molar-refractivity contribution in [1.29, 1.82) is 0 Å². The van der Waals surface area contributed by atoms with E-state index in [1.807, 2.05) is 0 Å². The first-order chi connectivity index (χ1) is 8.43. The molecule has 0 radical (unpaired) electrons. The molecule has 1 rings (SSSR count). The highest BCUT2D eigenvalue weighted by molar-refractivity contribution is 7.90. The Kier molecular flexibility index (Phi) is 4.26. The molecule has 0 spiro atoms. The van der Waals surface area contributed by atoms with Gasteiger partial charge >= 0.3 is 5.69 Å². The largest absolute Gasteiger partial charge is 0.329 e. The van der Waals surface area contributed by atoms with Crippen molar-refractivity contribution in [2.75, 3.05) is 12.0 Å². The smallest absolute Gasteiger partial charge is 0.258 e. The normalized spacial score (nSPS) is 12.7. The van der Waals surface area contributed by atoms with Crippen LogP contribution >= 0.6 is 11.6 Å². The van der Waals surface area contributed by atoms with Crippen LogP contribution in [0.25, 0.3) is 0 Å². The molecular formula is C10H16ClN3O4S. The van der Waals surface area contributed by atoms with E-state index in [1.165, 1.54) is 4.68 Å². The molecule has 0 saturated carbocycles. The molecule has 0 aromatic carbocycles. The van der Waals surface area contributed by atoms with Crippen LogP contribution in [0.4, 0.5) is 5.69 Å². The Morgan fingerprint density at radius 3 is 2.26 bits per heavy atom. The summed E-state index contributed by atoms with van der Waals surface area (Å²) in [7, 11) is -3.19. The van der Waals surface area contributed by atoms with E-state index in [0.29, 0.717) is 0 Å². The molecule has 0 N–H and O–H groups in total. The van der Waals surface area contributed by atoms with E-state index < -0.39 is 20.2 Å². The number of nitro groups is 1. The summed E-state index contributed by atoms with van der Waals surface area (Å²) in [6.07, 6.45) is 1.09. The minimum absolute atomic E-state index is 0.00537. The SMILES string of the molecule is CC(C)(C)c1nn(CCS(C)(=O)=O)c(Cl)c1[N+](=O)[O-]. The lowest BCUT2D eigenvalue weighted by Crippen LogP contribution is -2.16. The third-order valence-electron chi connectivity index (χ3n) is 2.43. The highest BCUT2D eigenvalue weighted by Crippen LogP contribution is 2.35. The lowest BCUT2D eigenvalue weighted by atomic mass is 9.91. The fourth-order valence-corrected chi connectivity index (χ4v) is 2.28. The zero-order valence-corrected chi connectivity index (χ0v) is 12.7. The highest BCUT2D eigenvalue weighted by atomic mass is 35.5. The van der Waals surface area contributed by atoms with E-state index in [1.54, 1.807) is 20.8 Å². The quantitative estimate of drug-likeness (QED) is 0.624. The van der Waals surface area contributed by atoms with Gasteiger partial charge in [-0.2, -0.15) is 5.10 Å². The van der Waals surface area contributed by atoms with Gasteiger partial charge in [0.2, 0.25) is 5.15 Å². The van der Waals surface area contributed by atoms with Crippen molar-refractivity contribution in [2.45, 2.75) is 32.7 Å². The van der Waals surface area contributed by atoms with Gasteiger partial charge in [-0.3, -0.25) is 10.1 Å². The number of rotatable bonds is 4. The van der Waals surface area contributed by atoms with Crippen LogP contribution in [0.3, 0.4) is 0 Å². The van der Waals surface area contributed by atoms with Crippen LogP contribution in [0.5, 0.6) is 0 Å². The fraction of sp³-hybridized carbons (Fsp3) is 0.700. The molecule has 0 unspecified atom stereocenters. The van der Waals surface area contributed by atoms with Crippen molar-refractivity contribution in [2.24, 2.45) is 0 Å². The van der Waals surface area contributed by atoms with Crippen LogP contribution in [0.15, 0.2) is 0 Å². The van der Waals surface area contributed by atoms with Gasteiger partial charge in [-0.25, -0.2) is 13.1 Å². The first kappa shape index (κ1) is 15.9. The predicted octanol–water partition coefficient (Wildman–Crippen LogP) is 1.79. The Balaban J connectivity index is 3.26. The number of nitrogens with zero attached hydrogens (tertiary/aromatic N) is 3. The summed E-state index contributed by atoms with van der Waals surface area (Å²) in [6.45, 7) is 5.33. The number of hydrogen-bond acceptors (Lipinski definition) is 5. The standard InChI is InChI=1S/C10H16ClN3O4S/c1-10(2,3)8-7(14(15)16)9(11)13(12-8)5-6-19(4,17)18/h5-6H2,1-4H3. The fourth-order valence-electron chi connectivity index (χ4n) is 1.50. The Hall–Kier alpha value is -1.15. The van der Waals surface area contributed by atoms with Crippen molar-refractivity contribution in [3.05, 3.63) is 21.0 Å². The first-order valence-corrected chi connectivity index (χ1v) is 7.96. The summed E-state index contributed by atoms with van der Waals surface area (Å²) in [6, 6.07) is 0. The minimum atomic E-state index is -3.19. The Labute approximate surface area is 116 Å². The third kappa shape index (κ3) is 3.90. The lowest BCUT2D eigenvalue weighted by molar-refractivity contribution is -0.385. The number of aromatic nitrogens is 2. The molecule has 1 aromatic heterocycles. The van der Waals surface area contributed by atoms with Crippen molar-refractivity contribution >= 4 is 27.1 Å². The second-order valence-electron chi connectivity index (χ2n) is 5.35. The number of hydrogen-bond donors (Lipinski definition) is 0. The topological polar surface area (TPSA) is 95.1 Å². The zero-order valence-electron chi connectivity index (χ0n) is 11.2. The molecule has 0 bridgehead atoms. The summed E-state index contributed by atoms with van der Waals surface area (Å²) < 4.78 is 23.4. The Morgan fingerprint density at radius 2 is 1.95 bits per heavy atom. The third-order valence-corrected chi connectivity index (χ3v) is 3.73. The van der Waals surface area contributed by atoms with Crippen LogP contribution in [0.2, 0.25) is 5.15 Å². The summed E-state index contributed by atoms with van der Waals surface area (Å²) in [5.74, 6) is -0.171. The molecule has 0 fully saturated rings. The molecule has 7 nitrogen and oxygen atoms in total. The lowest BCUT2D eigenvalue weighted by Gasteiger charge is -2.13. The molecule has 0 amide bonds. The average Bonchev–Trinajstić information content (AvgIpc) is 2.51. The molecule has 0 atom stereocenters. The van der Waals surface area contributed by atoms with Crippen LogP contribution < -0.4 is 0 Å². The van der Waals surface area contributed by atoms with E-state index in [4.69, 9.17) is 11.6 Å². The second kappa shape index (κ2) is 5.09. The minimum Gasteiger partial charge on any atom is -0.258 e. The van der Waals surface area contributed by atoms with Crippen molar-refractivity contribution in [3.63, 3.8) is 0 Å². The van der Waals surface area contributed by atoms with Gasteiger partial charge in [0.1, 0.15) is 15.5 Å². The van der Waals surface area contributed by atoms with E-state index in [-0.39, 0.29) is 28.8 Å². The molecule has 19 heavy (non-hydrogen) atoms. The number of aryl methyl sites for hydroxylation is 1. The van der Waals surface area contributed by atoms with E-state index in [9.17, 15) is 18.5 Å². The predicted molar refractivity (Wildman–Crippen MR) is 72.3 cm³/mol. The van der Waals surface area contributed by atoms with Gasteiger partial charge in [-0.05, 0) is 0 Å². The Morgan fingerprint density at radius 1 is 1.42 bits per heavy atom. The molecular weight excluding hydrogens is 294 g/mol. The van der Waals surface area contributed by atoms with Crippen molar-refractivity contribution < 1.29 is 13.3 Å². The highest BCUT2D eigenvalue weighted by Gasteiger charge is 2.34. The molecule has 1 aromatic rings. The molecule has 0 aliphatic rings. The maximum atomic E-state index is 11.1. The first-order valence-electron chi connectivity index (χ1n) is 5.52. The molecule has 0 aliphatic carbocycles. The summed E-state index contributed by atoms with van der Waals surface area (Å²) >= 11 is 5.92. The number of sulfone groups is 1. The maximum absolute atomic E-state index is 11.1. The summed E-state index contributed by atoms with van der Waals surface area (Å²) in [4.78, 5) is 10.5. The van der Waals surface area contributed by atoms with Gasteiger partial charge in [0, 0.05) is 11.7 Å². The van der Waals surface area contributed by atoms with Gasteiger partial charge in [-0.1, -0.05) is 32.4 Å². The van der Waals surface area contributed by atoms with E-state index in [2.05, 4.69) is 5.10 Å². The van der Waals surface area contributed by atoms with E-state index in [0.717, 1.165) is 6.26 Å². The monoisotopic (exact) mass is 309 g/mol. The van der Waals surface area contributed by atoms with Gasteiger partial charge in [0.25, 0.3) is 0 Å². The van der Waals surface area contributed by atoms with Gasteiger partial charge in [0.05, 0.1) is 17.2 Å². The van der Waals surface area contributed by atoms with Crippen molar-refractivity contribution in [1.82, 2.24) is 9.78 Å².